The van der Waals surface area contributed by atoms with Gasteiger partial charge in [-0.1, -0.05) is 0 Å². The third-order valence-corrected chi connectivity index (χ3v) is 3.99. The molecule has 0 aromatic carbocycles. The number of aromatic nitrogens is 1. The average molecular weight is 255 g/mol. The van der Waals surface area contributed by atoms with Crippen LogP contribution in [-0.4, -0.2) is 37.2 Å². The smallest absolute Gasteiger partial charge is 0.227 e. The molecule has 1 aromatic rings. The van der Waals surface area contributed by atoms with Gasteiger partial charge in [0.25, 0.3) is 0 Å². The number of carbonyl (C=O) groups excluding carboxylic acids is 1. The Morgan fingerprint density at radius 2 is 2.47 bits per heavy atom. The van der Waals surface area contributed by atoms with Gasteiger partial charge < -0.3 is 15.4 Å². The minimum Gasteiger partial charge on any atom is -0.379 e. The first-order valence-corrected chi connectivity index (χ1v) is 6.52. The molecule has 1 aliphatic heterocycles. The van der Waals surface area contributed by atoms with Gasteiger partial charge in [0.2, 0.25) is 5.91 Å². The number of hydrogen-bond acceptors (Lipinski definition) is 5. The van der Waals surface area contributed by atoms with E-state index in [0.29, 0.717) is 19.8 Å². The van der Waals surface area contributed by atoms with Gasteiger partial charge >= 0.3 is 0 Å². The van der Waals surface area contributed by atoms with Crippen molar-refractivity contribution in [1.29, 1.82) is 0 Å². The number of hydrogen-bond donors (Lipinski definition) is 2. The molecule has 6 heteroatoms. The van der Waals surface area contributed by atoms with Gasteiger partial charge in [0, 0.05) is 10.9 Å². The average Bonchev–Trinajstić information content (AvgIpc) is 2.94. The maximum absolute atomic E-state index is 12.0. The highest BCUT2D eigenvalue weighted by molar-refractivity contribution is 7.09. The predicted octanol–water partition coefficient (Wildman–Crippen LogP) is 0.302. The van der Waals surface area contributed by atoms with Crippen LogP contribution in [-0.2, 0) is 16.1 Å². The van der Waals surface area contributed by atoms with Gasteiger partial charge in [0.1, 0.15) is 0 Å². The normalized spacial score (nSPS) is 23.9. The van der Waals surface area contributed by atoms with Crippen LogP contribution >= 0.6 is 11.3 Å². The van der Waals surface area contributed by atoms with Gasteiger partial charge in [-0.3, -0.25) is 4.79 Å². The number of nitrogens with one attached hydrogen (secondary N) is 2. The van der Waals surface area contributed by atoms with Gasteiger partial charge in [-0.2, -0.15) is 0 Å². The van der Waals surface area contributed by atoms with Gasteiger partial charge in [-0.15, -0.1) is 11.3 Å². The molecule has 2 N–H and O–H groups in total. The van der Waals surface area contributed by atoms with Crippen LogP contribution in [0.3, 0.4) is 0 Å². The lowest BCUT2D eigenvalue weighted by Crippen LogP contribution is -2.42. The number of nitrogens with zero attached hydrogens (tertiary/aromatic N) is 1. The highest BCUT2D eigenvalue weighted by Gasteiger charge is 2.32. The van der Waals surface area contributed by atoms with Crippen molar-refractivity contribution in [3.05, 3.63) is 16.1 Å². The highest BCUT2D eigenvalue weighted by atomic mass is 32.1. The van der Waals surface area contributed by atoms with Gasteiger partial charge in [-0.05, 0) is 14.0 Å². The summed E-state index contributed by atoms with van der Waals surface area (Å²) in [6, 6.07) is 0.123. The van der Waals surface area contributed by atoms with E-state index in [-0.39, 0.29) is 17.9 Å². The second-order valence-electron chi connectivity index (χ2n) is 4.12. The van der Waals surface area contributed by atoms with Crippen LogP contribution in [0.2, 0.25) is 0 Å². The standard InChI is InChI=1S/C11H17N3O2S/c1-7-10(17-6-14-7)3-13-11(15)8-4-16-5-9(8)12-2/h6,8-9,12H,3-5H2,1-2H3,(H,13,15). The fourth-order valence-corrected chi connectivity index (χ4v) is 2.61. The second-order valence-corrected chi connectivity index (χ2v) is 5.06. The molecular weight excluding hydrogens is 238 g/mol. The van der Waals surface area contributed by atoms with Gasteiger partial charge in [0.05, 0.1) is 36.9 Å². The summed E-state index contributed by atoms with van der Waals surface area (Å²) >= 11 is 1.57. The molecule has 2 atom stereocenters. The Morgan fingerprint density at radius 1 is 1.65 bits per heavy atom. The summed E-state index contributed by atoms with van der Waals surface area (Å²) in [6.07, 6.45) is 0. The van der Waals surface area contributed by atoms with E-state index < -0.39 is 0 Å². The van der Waals surface area contributed by atoms with Crippen molar-refractivity contribution in [1.82, 2.24) is 15.6 Å². The lowest BCUT2D eigenvalue weighted by molar-refractivity contribution is -0.125. The monoisotopic (exact) mass is 255 g/mol. The van der Waals surface area contributed by atoms with Crippen molar-refractivity contribution < 1.29 is 9.53 Å². The summed E-state index contributed by atoms with van der Waals surface area (Å²) in [6.45, 7) is 3.61. The molecule has 2 unspecified atom stereocenters. The number of rotatable bonds is 4. The maximum atomic E-state index is 12.0. The Labute approximate surface area is 105 Å². The maximum Gasteiger partial charge on any atom is 0.227 e. The van der Waals surface area contributed by atoms with Crippen molar-refractivity contribution in [2.45, 2.75) is 19.5 Å². The molecule has 0 aliphatic carbocycles. The van der Waals surface area contributed by atoms with Crippen LogP contribution in [0.15, 0.2) is 5.51 Å². The number of aryl methyl sites for hydroxylation is 1. The number of ether oxygens (including phenoxy) is 1. The third kappa shape index (κ3) is 2.83. The summed E-state index contributed by atoms with van der Waals surface area (Å²) in [7, 11) is 1.85. The van der Waals surface area contributed by atoms with E-state index in [9.17, 15) is 4.79 Å². The molecule has 0 bridgehead atoms. The van der Waals surface area contributed by atoms with E-state index >= 15 is 0 Å². The molecule has 0 saturated carbocycles. The summed E-state index contributed by atoms with van der Waals surface area (Å²) in [5.74, 6) is -0.0390. The lowest BCUT2D eigenvalue weighted by atomic mass is 10.0. The zero-order chi connectivity index (χ0) is 12.3. The Hall–Kier alpha value is -0.980. The van der Waals surface area contributed by atoms with E-state index in [0.717, 1.165) is 10.6 Å². The molecule has 1 saturated heterocycles. The molecule has 1 amide bonds. The summed E-state index contributed by atoms with van der Waals surface area (Å²) in [5.41, 5.74) is 2.79. The molecule has 0 spiro atoms. The lowest BCUT2D eigenvalue weighted by Gasteiger charge is -2.16. The van der Waals surface area contributed by atoms with Crippen LogP contribution in [0.4, 0.5) is 0 Å². The number of likely N-dealkylation sites (N-methyl/N-ethyl adjacent to an activating group) is 1. The first kappa shape index (κ1) is 12.5. The molecule has 2 rings (SSSR count). The Kier molecular flexibility index (Phi) is 4.09. The number of carbonyl (C=O) groups is 1. The minimum absolute atomic E-state index is 0.0506. The molecule has 1 aromatic heterocycles. The Bertz CT molecular complexity index is 394. The van der Waals surface area contributed by atoms with Crippen LogP contribution in [0, 0.1) is 12.8 Å². The van der Waals surface area contributed by atoms with Crippen LogP contribution < -0.4 is 10.6 Å². The predicted molar refractivity (Wildman–Crippen MR) is 65.9 cm³/mol. The molecule has 94 valence electrons. The summed E-state index contributed by atoms with van der Waals surface area (Å²) in [5, 5.41) is 6.05. The molecule has 5 nitrogen and oxygen atoms in total. The zero-order valence-electron chi connectivity index (χ0n) is 10.0. The minimum atomic E-state index is -0.0896. The first-order valence-electron chi connectivity index (χ1n) is 5.64. The molecule has 1 fully saturated rings. The van der Waals surface area contributed by atoms with E-state index in [2.05, 4.69) is 15.6 Å². The van der Waals surface area contributed by atoms with Crippen molar-refractivity contribution in [2.75, 3.05) is 20.3 Å². The quantitative estimate of drug-likeness (QED) is 0.812. The largest absolute Gasteiger partial charge is 0.379 e. The molecule has 0 radical (unpaired) electrons. The van der Waals surface area contributed by atoms with E-state index in [4.69, 9.17) is 4.74 Å². The summed E-state index contributed by atoms with van der Waals surface area (Å²) in [4.78, 5) is 17.2. The van der Waals surface area contributed by atoms with E-state index in [1.54, 1.807) is 16.8 Å². The first-order chi connectivity index (χ1) is 8.22. The van der Waals surface area contributed by atoms with Crippen molar-refractivity contribution >= 4 is 17.2 Å². The number of thiazole rings is 1. The second kappa shape index (κ2) is 5.57. The fraction of sp³-hybridized carbons (Fsp3) is 0.636. The fourth-order valence-electron chi connectivity index (χ4n) is 1.89. The number of amides is 1. The van der Waals surface area contributed by atoms with Crippen LogP contribution in [0.1, 0.15) is 10.6 Å². The molecular formula is C11H17N3O2S. The van der Waals surface area contributed by atoms with Gasteiger partial charge in [0.15, 0.2) is 0 Å². The zero-order valence-corrected chi connectivity index (χ0v) is 10.8. The molecule has 17 heavy (non-hydrogen) atoms. The van der Waals surface area contributed by atoms with Crippen molar-refractivity contribution in [3.8, 4) is 0 Å². The third-order valence-electron chi connectivity index (χ3n) is 3.06. The Balaban J connectivity index is 1.87. The Morgan fingerprint density at radius 3 is 3.12 bits per heavy atom. The van der Waals surface area contributed by atoms with Crippen LogP contribution in [0.25, 0.3) is 0 Å². The van der Waals surface area contributed by atoms with E-state index in [1.807, 2.05) is 14.0 Å². The topological polar surface area (TPSA) is 63.2 Å². The van der Waals surface area contributed by atoms with E-state index in [1.165, 1.54) is 0 Å². The molecule has 1 aliphatic rings. The molecule has 2 heterocycles. The highest BCUT2D eigenvalue weighted by Crippen LogP contribution is 2.15. The SMILES string of the molecule is CNC1COCC1C(=O)NCc1scnc1C. The van der Waals surface area contributed by atoms with Crippen molar-refractivity contribution in [2.24, 2.45) is 5.92 Å². The van der Waals surface area contributed by atoms with Crippen molar-refractivity contribution in [3.63, 3.8) is 0 Å². The summed E-state index contributed by atoms with van der Waals surface area (Å²) < 4.78 is 5.31. The van der Waals surface area contributed by atoms with Crippen LogP contribution in [0.5, 0.6) is 0 Å². The van der Waals surface area contributed by atoms with Gasteiger partial charge in [-0.25, -0.2) is 4.98 Å².